The molecule has 0 radical (unpaired) electrons. The number of anilines is 1. The fourth-order valence-corrected chi connectivity index (χ4v) is 3.95. The number of aryl methyl sites for hydroxylation is 2. The summed E-state index contributed by atoms with van der Waals surface area (Å²) in [5.41, 5.74) is 0.398. The van der Waals surface area contributed by atoms with Gasteiger partial charge in [0.15, 0.2) is 11.1 Å². The van der Waals surface area contributed by atoms with Crippen LogP contribution in [-0.4, -0.2) is 67.0 Å². The van der Waals surface area contributed by atoms with Crippen LogP contribution in [0.25, 0.3) is 0 Å². The van der Waals surface area contributed by atoms with Crippen molar-refractivity contribution in [2.75, 3.05) is 26.1 Å². The van der Waals surface area contributed by atoms with Gasteiger partial charge in [-0.3, -0.25) is 10.00 Å². The van der Waals surface area contributed by atoms with Crippen molar-refractivity contribution in [2.45, 2.75) is 25.0 Å². The molecule has 31 heavy (non-hydrogen) atoms. The van der Waals surface area contributed by atoms with Gasteiger partial charge in [0.2, 0.25) is 17.7 Å². The number of amides is 2. The van der Waals surface area contributed by atoms with E-state index in [2.05, 4.69) is 25.5 Å². The van der Waals surface area contributed by atoms with Gasteiger partial charge in [0, 0.05) is 7.05 Å². The molecule has 3 rings (SSSR count). The molecule has 1 atom stereocenters. The van der Waals surface area contributed by atoms with E-state index in [0.717, 1.165) is 4.68 Å². The Kier molecular flexibility index (Phi) is 6.14. The number of sulfonamides is 1. The first kappa shape index (κ1) is 22.1. The first-order chi connectivity index (χ1) is 14.6. The lowest BCUT2D eigenvalue weighted by atomic mass is 10.2. The second kappa shape index (κ2) is 8.63. The van der Waals surface area contributed by atoms with Gasteiger partial charge in [0.1, 0.15) is 12.2 Å². The van der Waals surface area contributed by atoms with Crippen LogP contribution in [0.3, 0.4) is 0 Å². The lowest BCUT2D eigenvalue weighted by Crippen LogP contribution is -2.37. The standard InChI is InChI=1S/C16H21N7O7S/c1-8-7-29-13(21-30-8)12-9(2)20-23(3)14(12)31(25,26)22-16(24)19-15-17-10(27-4)6-11(18-15)28-5/h6,8H,7H2,1-5H3,(H2,17,18,19,22,24). The highest BCUT2D eigenvalue weighted by atomic mass is 32.2. The molecule has 3 heterocycles. The minimum atomic E-state index is -4.41. The molecule has 1 unspecified atom stereocenters. The molecule has 2 aromatic heterocycles. The number of carbonyl (C=O) groups excluding carboxylic acids is 1. The Balaban J connectivity index is 1.87. The van der Waals surface area contributed by atoms with E-state index in [-0.39, 0.29) is 46.9 Å². The molecule has 2 N–H and O–H groups in total. The molecule has 1 aliphatic rings. The fraction of sp³-hybridized carbons (Fsp3) is 0.438. The summed E-state index contributed by atoms with van der Waals surface area (Å²) >= 11 is 0. The third-order valence-electron chi connectivity index (χ3n) is 3.96. The van der Waals surface area contributed by atoms with Crippen LogP contribution in [0.2, 0.25) is 0 Å². The highest BCUT2D eigenvalue weighted by Crippen LogP contribution is 2.23. The fourth-order valence-electron chi connectivity index (χ4n) is 2.67. The Morgan fingerprint density at radius 2 is 1.90 bits per heavy atom. The number of hydrogen-bond acceptors (Lipinski definition) is 11. The maximum Gasteiger partial charge on any atom is 0.335 e. The normalized spacial score (nSPS) is 15.9. The molecule has 0 saturated heterocycles. The zero-order valence-corrected chi connectivity index (χ0v) is 18.2. The summed E-state index contributed by atoms with van der Waals surface area (Å²) in [6.07, 6.45) is -0.287. The van der Waals surface area contributed by atoms with Crippen molar-refractivity contribution in [1.82, 2.24) is 24.5 Å². The van der Waals surface area contributed by atoms with E-state index in [1.807, 2.05) is 4.72 Å². The molecular formula is C16H21N7O7S. The number of carbonyl (C=O) groups is 1. The molecule has 0 saturated carbocycles. The Labute approximate surface area is 177 Å². The van der Waals surface area contributed by atoms with Gasteiger partial charge in [-0.25, -0.2) is 9.52 Å². The Bertz CT molecular complexity index is 1110. The zero-order valence-electron chi connectivity index (χ0n) is 17.4. The smallest absolute Gasteiger partial charge is 0.335 e. The van der Waals surface area contributed by atoms with Crippen LogP contribution in [0, 0.1) is 6.92 Å². The van der Waals surface area contributed by atoms with Crippen molar-refractivity contribution in [1.29, 1.82) is 0 Å². The zero-order chi connectivity index (χ0) is 22.8. The number of nitrogens with zero attached hydrogens (tertiary/aromatic N) is 5. The SMILES string of the molecule is COc1cc(OC)nc(NC(=O)NS(=O)(=O)c2c(C3=NOC(C)CO3)c(C)nn2C)n1. The van der Waals surface area contributed by atoms with E-state index in [4.69, 9.17) is 19.0 Å². The van der Waals surface area contributed by atoms with Crippen LogP contribution >= 0.6 is 0 Å². The number of aromatic nitrogens is 4. The quantitative estimate of drug-likeness (QED) is 0.611. The second-order valence-electron chi connectivity index (χ2n) is 6.35. The molecular weight excluding hydrogens is 434 g/mol. The molecule has 14 nitrogen and oxygen atoms in total. The molecule has 0 aromatic carbocycles. The van der Waals surface area contributed by atoms with Crippen LogP contribution < -0.4 is 19.5 Å². The van der Waals surface area contributed by atoms with E-state index < -0.39 is 16.1 Å². The van der Waals surface area contributed by atoms with Crippen molar-refractivity contribution in [2.24, 2.45) is 12.2 Å². The predicted octanol–water partition coefficient (Wildman–Crippen LogP) is 0.143. The van der Waals surface area contributed by atoms with E-state index in [1.54, 1.807) is 13.8 Å². The maximum atomic E-state index is 13.0. The van der Waals surface area contributed by atoms with E-state index >= 15 is 0 Å². The van der Waals surface area contributed by atoms with Gasteiger partial charge in [0.25, 0.3) is 15.9 Å². The van der Waals surface area contributed by atoms with Crippen LogP contribution in [0.1, 0.15) is 18.2 Å². The highest BCUT2D eigenvalue weighted by molar-refractivity contribution is 7.90. The van der Waals surface area contributed by atoms with Crippen LogP contribution in [0.15, 0.2) is 16.2 Å². The molecule has 168 valence electrons. The lowest BCUT2D eigenvalue weighted by Gasteiger charge is -2.19. The molecule has 1 aliphatic heterocycles. The minimum Gasteiger partial charge on any atom is -0.481 e. The number of hydrogen-bond donors (Lipinski definition) is 2. The number of nitrogens with one attached hydrogen (secondary N) is 2. The summed E-state index contributed by atoms with van der Waals surface area (Å²) in [6.45, 7) is 3.50. The van der Waals surface area contributed by atoms with Gasteiger partial charge in [-0.05, 0) is 19.0 Å². The monoisotopic (exact) mass is 455 g/mol. The van der Waals surface area contributed by atoms with Gasteiger partial charge < -0.3 is 19.0 Å². The van der Waals surface area contributed by atoms with Crippen LogP contribution in [0.5, 0.6) is 11.8 Å². The van der Waals surface area contributed by atoms with Crippen molar-refractivity contribution < 1.29 is 32.3 Å². The number of oxime groups is 1. The average Bonchev–Trinajstić information content (AvgIpc) is 3.02. The summed E-state index contributed by atoms with van der Waals surface area (Å²) in [6, 6.07) is 0.273. The topological polar surface area (TPSA) is 168 Å². The third-order valence-corrected chi connectivity index (χ3v) is 5.39. The van der Waals surface area contributed by atoms with Crippen LogP contribution in [-0.2, 0) is 26.6 Å². The number of ether oxygens (including phenoxy) is 3. The Hall–Kier alpha value is -3.62. The van der Waals surface area contributed by atoms with Gasteiger partial charge in [-0.15, -0.1) is 0 Å². The first-order valence-electron chi connectivity index (χ1n) is 8.86. The largest absolute Gasteiger partial charge is 0.481 e. The van der Waals surface area contributed by atoms with Gasteiger partial charge >= 0.3 is 6.03 Å². The van der Waals surface area contributed by atoms with Crippen molar-refractivity contribution in [3.05, 3.63) is 17.3 Å². The first-order valence-corrected chi connectivity index (χ1v) is 10.3. The summed E-state index contributed by atoms with van der Waals surface area (Å²) in [5.74, 6) is -0.0643. The van der Waals surface area contributed by atoms with Crippen molar-refractivity contribution in [3.63, 3.8) is 0 Å². The third kappa shape index (κ3) is 4.76. The predicted molar refractivity (Wildman–Crippen MR) is 105 cm³/mol. The van der Waals surface area contributed by atoms with Gasteiger partial charge in [0.05, 0.1) is 26.0 Å². The number of rotatable bonds is 6. The summed E-state index contributed by atoms with van der Waals surface area (Å²) in [4.78, 5) is 25.4. The minimum absolute atomic E-state index is 0.0506. The maximum absolute atomic E-state index is 13.0. The van der Waals surface area contributed by atoms with E-state index in [0.29, 0.717) is 5.69 Å². The summed E-state index contributed by atoms with van der Waals surface area (Å²) < 4.78 is 44.4. The molecule has 0 aliphatic carbocycles. The molecule has 2 aromatic rings. The summed E-state index contributed by atoms with van der Waals surface area (Å²) in [7, 11) is -0.274. The Morgan fingerprint density at radius 1 is 1.26 bits per heavy atom. The Morgan fingerprint density at radius 3 is 2.45 bits per heavy atom. The van der Waals surface area contributed by atoms with Crippen LogP contribution in [0.4, 0.5) is 10.7 Å². The van der Waals surface area contributed by atoms with Gasteiger partial charge in [-0.2, -0.15) is 23.5 Å². The second-order valence-corrected chi connectivity index (χ2v) is 7.95. The van der Waals surface area contributed by atoms with Gasteiger partial charge in [-0.1, -0.05) is 0 Å². The molecule has 2 amide bonds. The molecule has 0 fully saturated rings. The van der Waals surface area contributed by atoms with Crippen molar-refractivity contribution >= 4 is 27.9 Å². The van der Waals surface area contributed by atoms with Crippen molar-refractivity contribution in [3.8, 4) is 11.8 Å². The molecule has 15 heteroatoms. The van der Waals surface area contributed by atoms with E-state index in [9.17, 15) is 13.2 Å². The summed E-state index contributed by atoms with van der Waals surface area (Å²) in [5, 5.41) is 9.80. The van der Waals surface area contributed by atoms with E-state index in [1.165, 1.54) is 27.3 Å². The lowest BCUT2D eigenvalue weighted by molar-refractivity contribution is 0.00135. The number of urea groups is 1. The molecule has 0 spiro atoms. The number of methoxy groups -OCH3 is 2. The average molecular weight is 455 g/mol. The molecule has 0 bridgehead atoms. The highest BCUT2D eigenvalue weighted by Gasteiger charge is 2.33.